The molecular weight excluding hydrogens is 250 g/mol. The van der Waals surface area contributed by atoms with Crippen molar-refractivity contribution < 1.29 is 4.74 Å². The Kier molecular flexibility index (Phi) is 3.18. The van der Waals surface area contributed by atoms with Crippen molar-refractivity contribution in [3.8, 4) is 0 Å². The van der Waals surface area contributed by atoms with Crippen LogP contribution in [-0.4, -0.2) is 35.3 Å². The second-order valence-corrected chi connectivity index (χ2v) is 5.72. The van der Waals surface area contributed by atoms with E-state index in [2.05, 4.69) is 41.4 Å². The molecule has 0 amide bonds. The van der Waals surface area contributed by atoms with Gasteiger partial charge in [0.15, 0.2) is 0 Å². The van der Waals surface area contributed by atoms with E-state index in [1.165, 1.54) is 0 Å². The second-order valence-electron chi connectivity index (χ2n) is 5.72. The van der Waals surface area contributed by atoms with Gasteiger partial charge in [0.2, 0.25) is 5.95 Å². The number of hydrogen-bond donors (Lipinski definition) is 0. The zero-order chi connectivity index (χ0) is 14.2. The number of morpholine rings is 1. The summed E-state index contributed by atoms with van der Waals surface area (Å²) >= 11 is 0. The normalized spacial score (nSPS) is 18.2. The van der Waals surface area contributed by atoms with Crippen LogP contribution < -0.4 is 4.90 Å². The third-order valence-corrected chi connectivity index (χ3v) is 3.54. The molecular formula is C16H19N3O. The Bertz CT molecular complexity index is 651. The fourth-order valence-electron chi connectivity index (χ4n) is 2.51. The molecule has 4 nitrogen and oxygen atoms in total. The average Bonchev–Trinajstić information content (AvgIpc) is 2.45. The van der Waals surface area contributed by atoms with E-state index in [0.29, 0.717) is 6.61 Å². The Labute approximate surface area is 119 Å². The van der Waals surface area contributed by atoms with Crippen molar-refractivity contribution >= 4 is 22.9 Å². The molecule has 0 unspecified atom stereocenters. The number of nitrogens with zero attached hydrogens (tertiary/aromatic N) is 3. The number of anilines is 1. The first kappa shape index (κ1) is 13.1. The van der Waals surface area contributed by atoms with Crippen molar-refractivity contribution in [2.75, 3.05) is 24.6 Å². The lowest BCUT2D eigenvalue weighted by Gasteiger charge is -2.38. The molecule has 0 atom stereocenters. The van der Waals surface area contributed by atoms with Gasteiger partial charge in [-0.3, -0.25) is 0 Å². The minimum Gasteiger partial charge on any atom is -0.372 e. The molecule has 0 saturated carbocycles. The van der Waals surface area contributed by atoms with E-state index in [9.17, 15) is 0 Å². The Balaban J connectivity index is 1.94. The minimum atomic E-state index is -0.150. The first-order valence-corrected chi connectivity index (χ1v) is 6.86. The van der Waals surface area contributed by atoms with Crippen LogP contribution in [0.5, 0.6) is 0 Å². The molecule has 1 aromatic heterocycles. The van der Waals surface area contributed by atoms with Gasteiger partial charge in [-0.15, -0.1) is 0 Å². The van der Waals surface area contributed by atoms with Crippen LogP contribution in [0.1, 0.15) is 19.4 Å². The lowest BCUT2D eigenvalue weighted by molar-refractivity contribution is -0.0281. The van der Waals surface area contributed by atoms with Gasteiger partial charge in [0.25, 0.3) is 0 Å². The largest absolute Gasteiger partial charge is 0.372 e. The van der Waals surface area contributed by atoms with Crippen LogP contribution in [0.15, 0.2) is 31.0 Å². The van der Waals surface area contributed by atoms with Crippen molar-refractivity contribution in [3.63, 3.8) is 0 Å². The van der Waals surface area contributed by atoms with Crippen molar-refractivity contribution in [1.29, 1.82) is 0 Å². The number of hydrogen-bond acceptors (Lipinski definition) is 4. The lowest BCUT2D eigenvalue weighted by atomic mass is 10.1. The van der Waals surface area contributed by atoms with E-state index in [1.54, 1.807) is 0 Å². The van der Waals surface area contributed by atoms with E-state index in [-0.39, 0.29) is 5.60 Å². The van der Waals surface area contributed by atoms with Crippen LogP contribution >= 0.6 is 0 Å². The molecule has 0 N–H and O–H groups in total. The number of benzene rings is 1. The van der Waals surface area contributed by atoms with Crippen molar-refractivity contribution in [2.45, 2.75) is 19.4 Å². The van der Waals surface area contributed by atoms with Crippen molar-refractivity contribution in [3.05, 3.63) is 36.5 Å². The molecule has 1 aliphatic heterocycles. The molecule has 0 spiro atoms. The number of aromatic nitrogens is 2. The monoisotopic (exact) mass is 269 g/mol. The van der Waals surface area contributed by atoms with E-state index in [1.807, 2.05) is 24.4 Å². The average molecular weight is 269 g/mol. The summed E-state index contributed by atoms with van der Waals surface area (Å²) in [5.41, 5.74) is 1.90. The van der Waals surface area contributed by atoms with E-state index in [4.69, 9.17) is 4.74 Å². The minimum absolute atomic E-state index is 0.150. The summed E-state index contributed by atoms with van der Waals surface area (Å²) in [6.45, 7) is 10.3. The quantitative estimate of drug-likeness (QED) is 0.840. The zero-order valence-corrected chi connectivity index (χ0v) is 12.0. The van der Waals surface area contributed by atoms with Gasteiger partial charge < -0.3 is 9.64 Å². The summed E-state index contributed by atoms with van der Waals surface area (Å²) in [5, 5.41) is 1.04. The van der Waals surface area contributed by atoms with Gasteiger partial charge in [0.1, 0.15) is 0 Å². The van der Waals surface area contributed by atoms with Gasteiger partial charge in [-0.1, -0.05) is 18.7 Å². The summed E-state index contributed by atoms with van der Waals surface area (Å²) in [4.78, 5) is 11.3. The first-order valence-electron chi connectivity index (χ1n) is 6.86. The van der Waals surface area contributed by atoms with Gasteiger partial charge in [0, 0.05) is 24.7 Å². The van der Waals surface area contributed by atoms with Crippen LogP contribution in [0.3, 0.4) is 0 Å². The summed E-state index contributed by atoms with van der Waals surface area (Å²) in [6, 6.07) is 6.09. The number of ether oxygens (including phenoxy) is 1. The number of fused-ring (bicyclic) bond motifs is 1. The SMILES string of the molecule is C=Cc1ccc2nc(N3CCOC(C)(C)C3)ncc2c1. The van der Waals surface area contributed by atoms with Crippen LogP contribution in [0, 0.1) is 0 Å². The standard InChI is InChI=1S/C16H19N3O/c1-4-12-5-6-14-13(9-12)10-17-15(18-14)19-7-8-20-16(2,3)11-19/h4-6,9-10H,1,7-8,11H2,2-3H3. The van der Waals surface area contributed by atoms with E-state index < -0.39 is 0 Å². The summed E-state index contributed by atoms with van der Waals surface area (Å²) < 4.78 is 5.73. The van der Waals surface area contributed by atoms with Gasteiger partial charge >= 0.3 is 0 Å². The maximum absolute atomic E-state index is 5.73. The molecule has 0 radical (unpaired) electrons. The van der Waals surface area contributed by atoms with Crippen LogP contribution in [0.2, 0.25) is 0 Å². The summed E-state index contributed by atoms with van der Waals surface area (Å²) in [6.07, 6.45) is 3.71. The van der Waals surface area contributed by atoms with Crippen LogP contribution in [-0.2, 0) is 4.74 Å². The Hall–Kier alpha value is -1.94. The van der Waals surface area contributed by atoms with Gasteiger partial charge in [0.05, 0.1) is 17.7 Å². The molecule has 4 heteroatoms. The second kappa shape index (κ2) is 4.87. The maximum Gasteiger partial charge on any atom is 0.226 e. The van der Waals surface area contributed by atoms with Crippen LogP contribution in [0.4, 0.5) is 5.95 Å². The fraction of sp³-hybridized carbons (Fsp3) is 0.375. The molecule has 3 rings (SSSR count). The van der Waals surface area contributed by atoms with E-state index >= 15 is 0 Å². The highest BCUT2D eigenvalue weighted by molar-refractivity contribution is 5.81. The predicted molar refractivity (Wildman–Crippen MR) is 81.9 cm³/mol. The predicted octanol–water partition coefficient (Wildman–Crippen LogP) is 2.89. The van der Waals surface area contributed by atoms with Crippen LogP contribution in [0.25, 0.3) is 17.0 Å². The number of rotatable bonds is 2. The van der Waals surface area contributed by atoms with Crippen molar-refractivity contribution in [2.24, 2.45) is 0 Å². The molecule has 2 heterocycles. The molecule has 2 aromatic rings. The van der Waals surface area contributed by atoms with Gasteiger partial charge in [-0.05, 0) is 31.5 Å². The zero-order valence-electron chi connectivity index (χ0n) is 12.0. The first-order chi connectivity index (χ1) is 9.57. The maximum atomic E-state index is 5.73. The highest BCUT2D eigenvalue weighted by Gasteiger charge is 2.28. The summed E-state index contributed by atoms with van der Waals surface area (Å²) in [5.74, 6) is 0.778. The Morgan fingerprint density at radius 2 is 2.25 bits per heavy atom. The van der Waals surface area contributed by atoms with Gasteiger partial charge in [-0.25, -0.2) is 9.97 Å². The molecule has 1 aromatic carbocycles. The molecule has 1 fully saturated rings. The smallest absolute Gasteiger partial charge is 0.226 e. The highest BCUT2D eigenvalue weighted by atomic mass is 16.5. The third-order valence-electron chi connectivity index (χ3n) is 3.54. The molecule has 1 saturated heterocycles. The summed E-state index contributed by atoms with van der Waals surface area (Å²) in [7, 11) is 0. The fourth-order valence-corrected chi connectivity index (χ4v) is 2.51. The highest BCUT2D eigenvalue weighted by Crippen LogP contribution is 2.22. The van der Waals surface area contributed by atoms with Gasteiger partial charge in [-0.2, -0.15) is 0 Å². The lowest BCUT2D eigenvalue weighted by Crippen LogP contribution is -2.48. The third kappa shape index (κ3) is 2.51. The van der Waals surface area contributed by atoms with E-state index in [0.717, 1.165) is 35.5 Å². The Morgan fingerprint density at radius 3 is 3.00 bits per heavy atom. The van der Waals surface area contributed by atoms with Crippen molar-refractivity contribution in [1.82, 2.24) is 9.97 Å². The molecule has 20 heavy (non-hydrogen) atoms. The Morgan fingerprint density at radius 1 is 1.40 bits per heavy atom. The molecule has 104 valence electrons. The topological polar surface area (TPSA) is 38.2 Å². The molecule has 1 aliphatic rings. The molecule has 0 bridgehead atoms. The molecule has 0 aliphatic carbocycles.